The van der Waals surface area contributed by atoms with E-state index in [1.807, 2.05) is 17.8 Å². The molecule has 2 aromatic rings. The van der Waals surface area contributed by atoms with Gasteiger partial charge in [0.25, 0.3) is 5.91 Å². The van der Waals surface area contributed by atoms with E-state index < -0.39 is 11.6 Å². The molecule has 4 nitrogen and oxygen atoms in total. The van der Waals surface area contributed by atoms with E-state index in [1.165, 1.54) is 0 Å². The normalized spacial score (nSPS) is 18.3. The van der Waals surface area contributed by atoms with Crippen LogP contribution in [0.25, 0.3) is 0 Å². The number of hydrogen-bond donors (Lipinski definition) is 0. The summed E-state index contributed by atoms with van der Waals surface area (Å²) < 4.78 is 28.4. The Morgan fingerprint density at radius 3 is 2.78 bits per heavy atom. The molecule has 1 aliphatic rings. The molecule has 0 bridgehead atoms. The molecule has 1 saturated heterocycles. The monoisotopic (exact) mass is 339 g/mol. The van der Waals surface area contributed by atoms with Gasteiger partial charge in [0.05, 0.1) is 22.8 Å². The predicted octanol–water partition coefficient (Wildman–Crippen LogP) is 3.60. The van der Waals surface area contributed by atoms with Gasteiger partial charge in [-0.3, -0.25) is 9.48 Å². The van der Waals surface area contributed by atoms with Gasteiger partial charge in [-0.1, -0.05) is 11.6 Å². The summed E-state index contributed by atoms with van der Waals surface area (Å²) in [4.78, 5) is 14.2. The highest BCUT2D eigenvalue weighted by Gasteiger charge is 2.27. The average Bonchev–Trinajstić information content (AvgIpc) is 2.97. The number of carbonyl (C=O) groups excluding carboxylic acids is 1. The summed E-state index contributed by atoms with van der Waals surface area (Å²) in [5.41, 5.74) is 1.04. The van der Waals surface area contributed by atoms with Crippen LogP contribution in [-0.4, -0.2) is 33.7 Å². The molecule has 0 unspecified atom stereocenters. The SMILES string of the molecule is Cc1cnn([C@@H]2CCCN(C(=O)c3cc(F)c(F)cc3Cl)C2)c1. The Morgan fingerprint density at radius 2 is 2.09 bits per heavy atom. The summed E-state index contributed by atoms with van der Waals surface area (Å²) in [5, 5.41) is 4.21. The summed E-state index contributed by atoms with van der Waals surface area (Å²) >= 11 is 5.90. The number of halogens is 3. The molecular weight excluding hydrogens is 324 g/mol. The van der Waals surface area contributed by atoms with Gasteiger partial charge < -0.3 is 4.90 Å². The molecule has 0 radical (unpaired) electrons. The van der Waals surface area contributed by atoms with E-state index in [2.05, 4.69) is 5.10 Å². The first-order valence-electron chi connectivity index (χ1n) is 7.40. The number of carbonyl (C=O) groups is 1. The third-order valence-electron chi connectivity index (χ3n) is 4.03. The average molecular weight is 340 g/mol. The van der Waals surface area contributed by atoms with Crippen LogP contribution in [0.5, 0.6) is 0 Å². The molecule has 0 N–H and O–H groups in total. The van der Waals surface area contributed by atoms with Gasteiger partial charge in [0.1, 0.15) is 0 Å². The van der Waals surface area contributed by atoms with Crippen molar-refractivity contribution in [2.75, 3.05) is 13.1 Å². The Balaban J connectivity index is 1.81. The first-order chi connectivity index (χ1) is 11.0. The Morgan fingerprint density at radius 1 is 1.35 bits per heavy atom. The van der Waals surface area contributed by atoms with Crippen molar-refractivity contribution in [3.63, 3.8) is 0 Å². The quantitative estimate of drug-likeness (QED) is 0.784. The summed E-state index contributed by atoms with van der Waals surface area (Å²) in [6, 6.07) is 1.77. The summed E-state index contributed by atoms with van der Waals surface area (Å²) in [6.45, 7) is 2.98. The highest BCUT2D eigenvalue weighted by Crippen LogP contribution is 2.26. The first kappa shape index (κ1) is 15.9. The Bertz CT molecular complexity index is 747. The molecule has 1 fully saturated rings. The van der Waals surface area contributed by atoms with Crippen LogP contribution in [0, 0.1) is 18.6 Å². The Labute approximate surface area is 137 Å². The van der Waals surface area contributed by atoms with Crippen molar-refractivity contribution < 1.29 is 13.6 Å². The fraction of sp³-hybridized carbons (Fsp3) is 0.375. The van der Waals surface area contributed by atoms with Crippen LogP contribution in [-0.2, 0) is 0 Å². The highest BCUT2D eigenvalue weighted by molar-refractivity contribution is 6.33. The van der Waals surface area contributed by atoms with E-state index in [-0.39, 0.29) is 22.5 Å². The van der Waals surface area contributed by atoms with Gasteiger partial charge >= 0.3 is 0 Å². The van der Waals surface area contributed by atoms with Crippen LogP contribution in [0.3, 0.4) is 0 Å². The second kappa shape index (κ2) is 6.28. The zero-order chi connectivity index (χ0) is 16.6. The number of aromatic nitrogens is 2. The Hall–Kier alpha value is -1.95. The molecule has 1 aromatic carbocycles. The van der Waals surface area contributed by atoms with Crippen LogP contribution in [0.1, 0.15) is 34.8 Å². The second-order valence-corrected chi connectivity index (χ2v) is 6.20. The van der Waals surface area contributed by atoms with Crippen molar-refractivity contribution in [2.45, 2.75) is 25.8 Å². The molecule has 1 aliphatic heterocycles. The van der Waals surface area contributed by atoms with Crippen molar-refractivity contribution in [1.82, 2.24) is 14.7 Å². The molecule has 1 atom stereocenters. The molecule has 122 valence electrons. The number of rotatable bonds is 2. The van der Waals surface area contributed by atoms with Crippen LogP contribution < -0.4 is 0 Å². The summed E-state index contributed by atoms with van der Waals surface area (Å²) in [7, 11) is 0. The molecule has 0 saturated carbocycles. The van der Waals surface area contributed by atoms with E-state index in [0.29, 0.717) is 13.1 Å². The largest absolute Gasteiger partial charge is 0.336 e. The van der Waals surface area contributed by atoms with Gasteiger partial charge in [0, 0.05) is 19.3 Å². The topological polar surface area (TPSA) is 38.1 Å². The molecule has 7 heteroatoms. The molecule has 1 amide bonds. The number of likely N-dealkylation sites (tertiary alicyclic amines) is 1. The van der Waals surface area contributed by atoms with Crippen LogP contribution in [0.2, 0.25) is 5.02 Å². The predicted molar refractivity (Wildman–Crippen MR) is 82.5 cm³/mol. The van der Waals surface area contributed by atoms with Gasteiger partial charge in [0.15, 0.2) is 11.6 Å². The van der Waals surface area contributed by atoms with Crippen molar-refractivity contribution in [3.8, 4) is 0 Å². The number of benzene rings is 1. The second-order valence-electron chi connectivity index (χ2n) is 5.79. The van der Waals surface area contributed by atoms with Crippen LogP contribution in [0.4, 0.5) is 8.78 Å². The van der Waals surface area contributed by atoms with Crippen molar-refractivity contribution in [2.24, 2.45) is 0 Å². The number of aryl methyl sites for hydroxylation is 1. The maximum Gasteiger partial charge on any atom is 0.255 e. The van der Waals surface area contributed by atoms with E-state index in [4.69, 9.17) is 11.6 Å². The number of nitrogens with zero attached hydrogens (tertiary/aromatic N) is 3. The van der Waals surface area contributed by atoms with Gasteiger partial charge in [-0.25, -0.2) is 8.78 Å². The van der Waals surface area contributed by atoms with E-state index in [9.17, 15) is 13.6 Å². The molecular formula is C16H16ClF2N3O. The number of hydrogen-bond acceptors (Lipinski definition) is 2. The van der Waals surface area contributed by atoms with Crippen molar-refractivity contribution in [3.05, 3.63) is 52.3 Å². The standard InChI is InChI=1S/C16H16ClF2N3O/c1-10-7-20-22(8-10)11-3-2-4-21(9-11)16(23)12-5-14(18)15(19)6-13(12)17/h5-8,11H,2-4,9H2,1H3/t11-/m1/s1. The summed E-state index contributed by atoms with van der Waals surface area (Å²) in [5.74, 6) is -2.52. The zero-order valence-corrected chi connectivity index (χ0v) is 13.4. The molecule has 23 heavy (non-hydrogen) atoms. The lowest BCUT2D eigenvalue weighted by atomic mass is 10.0. The van der Waals surface area contributed by atoms with Crippen LogP contribution in [0.15, 0.2) is 24.5 Å². The minimum Gasteiger partial charge on any atom is -0.336 e. The lowest BCUT2D eigenvalue weighted by Gasteiger charge is -2.33. The molecule has 0 aliphatic carbocycles. The molecule has 0 spiro atoms. The Kier molecular flexibility index (Phi) is 4.35. The number of amides is 1. The van der Waals surface area contributed by atoms with Crippen molar-refractivity contribution in [1.29, 1.82) is 0 Å². The van der Waals surface area contributed by atoms with E-state index in [0.717, 1.165) is 30.5 Å². The minimum absolute atomic E-state index is 0.0112. The minimum atomic E-state index is -1.07. The fourth-order valence-electron chi connectivity index (χ4n) is 2.84. The van der Waals surface area contributed by atoms with Gasteiger partial charge in [-0.15, -0.1) is 0 Å². The van der Waals surface area contributed by atoms with Gasteiger partial charge in [0.2, 0.25) is 0 Å². The summed E-state index contributed by atoms with van der Waals surface area (Å²) in [6.07, 6.45) is 5.43. The van der Waals surface area contributed by atoms with Gasteiger partial charge in [-0.2, -0.15) is 5.10 Å². The first-order valence-corrected chi connectivity index (χ1v) is 7.78. The third kappa shape index (κ3) is 3.22. The molecule has 1 aromatic heterocycles. The fourth-order valence-corrected chi connectivity index (χ4v) is 3.08. The maximum atomic E-state index is 13.4. The highest BCUT2D eigenvalue weighted by atomic mass is 35.5. The number of piperidine rings is 1. The lowest BCUT2D eigenvalue weighted by molar-refractivity contribution is 0.0672. The lowest BCUT2D eigenvalue weighted by Crippen LogP contribution is -2.41. The maximum absolute atomic E-state index is 13.4. The van der Waals surface area contributed by atoms with Gasteiger partial charge in [-0.05, 0) is 37.5 Å². The van der Waals surface area contributed by atoms with E-state index in [1.54, 1.807) is 11.1 Å². The zero-order valence-electron chi connectivity index (χ0n) is 12.6. The molecule has 3 rings (SSSR count). The van der Waals surface area contributed by atoms with Crippen LogP contribution >= 0.6 is 11.6 Å². The van der Waals surface area contributed by atoms with Crippen molar-refractivity contribution >= 4 is 17.5 Å². The molecule has 2 heterocycles. The van der Waals surface area contributed by atoms with E-state index >= 15 is 0 Å². The smallest absolute Gasteiger partial charge is 0.255 e. The third-order valence-corrected chi connectivity index (χ3v) is 4.34.